The fraction of sp³-hybridized carbons (Fsp3) is 0.333. The van der Waals surface area contributed by atoms with Crippen LogP contribution >= 0.6 is 0 Å². The quantitative estimate of drug-likeness (QED) is 0.270. The van der Waals surface area contributed by atoms with E-state index >= 15 is 0 Å². The number of carboxylic acids is 1. The molecule has 11 heteroatoms. The van der Waals surface area contributed by atoms with Crippen LogP contribution in [0.4, 0.5) is 4.39 Å². The van der Waals surface area contributed by atoms with E-state index in [1.165, 1.54) is 35.0 Å². The Kier molecular flexibility index (Phi) is 11.8. The molecule has 0 aliphatic heterocycles. The monoisotopic (exact) mass is 532 g/mol. The molecule has 2 heterocycles. The minimum absolute atomic E-state index is 0. The van der Waals surface area contributed by atoms with E-state index in [1.54, 1.807) is 12.3 Å². The van der Waals surface area contributed by atoms with Gasteiger partial charge in [0.15, 0.2) is 5.69 Å². The third-order valence-corrected chi connectivity index (χ3v) is 5.64. The molecular weight excluding hydrogens is 502 g/mol. The van der Waals surface area contributed by atoms with Crippen LogP contribution in [0.2, 0.25) is 0 Å². The van der Waals surface area contributed by atoms with Crippen molar-refractivity contribution in [3.05, 3.63) is 82.7 Å². The van der Waals surface area contributed by atoms with Crippen LogP contribution < -0.4 is 40.0 Å². The summed E-state index contributed by atoms with van der Waals surface area (Å²) in [4.78, 5) is 28.1. The Morgan fingerprint density at radius 2 is 1.84 bits per heavy atom. The van der Waals surface area contributed by atoms with E-state index in [-0.39, 0.29) is 54.1 Å². The number of carboxylic acid groups (broad SMARTS) is 1. The number of halogens is 1. The van der Waals surface area contributed by atoms with E-state index in [0.717, 1.165) is 11.3 Å². The summed E-state index contributed by atoms with van der Waals surface area (Å²) in [5.74, 6) is -2.42. The van der Waals surface area contributed by atoms with E-state index in [1.807, 2.05) is 32.9 Å². The maximum Gasteiger partial charge on any atom is 1.00 e. The zero-order chi connectivity index (χ0) is 27.1. The first-order chi connectivity index (χ1) is 17.5. The summed E-state index contributed by atoms with van der Waals surface area (Å²) in [6, 6.07) is 9.30. The number of aryl methyl sites for hydroxylation is 1. The summed E-state index contributed by atoms with van der Waals surface area (Å²) >= 11 is 0. The number of aromatic nitrogens is 3. The predicted octanol–water partition coefficient (Wildman–Crippen LogP) is -0.963. The fourth-order valence-corrected chi connectivity index (χ4v) is 3.82. The molecule has 0 saturated heterocycles. The van der Waals surface area contributed by atoms with Crippen LogP contribution in [-0.4, -0.2) is 49.1 Å². The van der Waals surface area contributed by atoms with Gasteiger partial charge in [0.05, 0.1) is 23.6 Å². The molecule has 3 rings (SSSR count). The molecule has 196 valence electrons. The smallest absolute Gasteiger partial charge is 0.550 e. The summed E-state index contributed by atoms with van der Waals surface area (Å²) in [5, 5.41) is 38.2. The summed E-state index contributed by atoms with van der Waals surface area (Å²) in [6.07, 6.45) is 1.36. The van der Waals surface area contributed by atoms with Crippen molar-refractivity contribution in [1.29, 1.82) is 0 Å². The average Bonchev–Trinajstić information content (AvgIpc) is 3.22. The van der Waals surface area contributed by atoms with Crippen LogP contribution in [0, 0.1) is 12.7 Å². The Bertz CT molecular complexity index is 1260. The van der Waals surface area contributed by atoms with Gasteiger partial charge < -0.3 is 25.4 Å². The Morgan fingerprint density at radius 3 is 2.42 bits per heavy atom. The Hall–Kier alpha value is -2.89. The van der Waals surface area contributed by atoms with Gasteiger partial charge in [0, 0.05) is 42.8 Å². The molecule has 2 aromatic heterocycles. The van der Waals surface area contributed by atoms with Crippen molar-refractivity contribution in [2.45, 2.75) is 58.3 Å². The average molecular weight is 533 g/mol. The molecule has 0 saturated carbocycles. The van der Waals surface area contributed by atoms with Crippen LogP contribution in [0.25, 0.3) is 11.8 Å². The standard InChI is InChI=1S/C27H31FN4O5.Na/c1-16(2)25-23(11-10-21(33)12-22(34)13-24(35)36)32(20-8-6-19(28)7-9-20)31-26(25)27(37)30-15-18-5-4-17(3)29-14-18;/h4-11,14,16,21-22,33-34H,12-13,15H2,1-3H3,(H,30,37)(H,35,36);/q;+1/p-1/t21-,22+;/m0./s1. The van der Waals surface area contributed by atoms with E-state index in [4.69, 9.17) is 0 Å². The van der Waals surface area contributed by atoms with Crippen LogP contribution in [0.1, 0.15) is 65.6 Å². The van der Waals surface area contributed by atoms with E-state index in [2.05, 4.69) is 15.4 Å². The number of aliphatic hydroxyl groups is 2. The first kappa shape index (κ1) is 31.3. The van der Waals surface area contributed by atoms with Crippen molar-refractivity contribution in [2.24, 2.45) is 0 Å². The van der Waals surface area contributed by atoms with Gasteiger partial charge in [0.25, 0.3) is 5.91 Å². The number of aliphatic carboxylic acids is 1. The maximum absolute atomic E-state index is 13.6. The maximum atomic E-state index is 13.6. The Balaban J connectivity index is 0.00000507. The largest absolute Gasteiger partial charge is 1.00 e. The Morgan fingerprint density at radius 1 is 1.16 bits per heavy atom. The summed E-state index contributed by atoms with van der Waals surface area (Å²) in [7, 11) is 0. The number of nitrogens with zero attached hydrogens (tertiary/aromatic N) is 3. The van der Waals surface area contributed by atoms with Crippen LogP contribution in [0.3, 0.4) is 0 Å². The molecule has 38 heavy (non-hydrogen) atoms. The number of carbonyl (C=O) groups excluding carboxylic acids is 2. The second-order valence-corrected chi connectivity index (χ2v) is 9.07. The van der Waals surface area contributed by atoms with Gasteiger partial charge in [0.1, 0.15) is 5.82 Å². The predicted molar refractivity (Wildman–Crippen MR) is 133 cm³/mol. The topological polar surface area (TPSA) is 140 Å². The molecule has 0 radical (unpaired) electrons. The molecule has 0 fully saturated rings. The van der Waals surface area contributed by atoms with Crippen LogP contribution in [-0.2, 0) is 11.3 Å². The molecule has 1 aromatic carbocycles. The molecule has 0 spiro atoms. The zero-order valence-electron chi connectivity index (χ0n) is 21.9. The molecule has 3 N–H and O–H groups in total. The van der Waals surface area contributed by atoms with Gasteiger partial charge in [0.2, 0.25) is 0 Å². The minimum Gasteiger partial charge on any atom is -0.550 e. The van der Waals surface area contributed by atoms with Gasteiger partial charge in [-0.1, -0.05) is 26.0 Å². The zero-order valence-corrected chi connectivity index (χ0v) is 23.9. The van der Waals surface area contributed by atoms with Crippen LogP contribution in [0.15, 0.2) is 48.7 Å². The summed E-state index contributed by atoms with van der Waals surface area (Å²) in [6.45, 7) is 5.90. The van der Waals surface area contributed by atoms with E-state index < -0.39 is 36.3 Å². The summed E-state index contributed by atoms with van der Waals surface area (Å²) in [5.41, 5.74) is 3.43. The Labute approximate surface area is 242 Å². The molecule has 0 aliphatic rings. The number of pyridine rings is 1. The first-order valence-electron chi connectivity index (χ1n) is 11.9. The van der Waals surface area contributed by atoms with Gasteiger partial charge in [-0.15, -0.1) is 0 Å². The van der Waals surface area contributed by atoms with Crippen molar-refractivity contribution in [3.63, 3.8) is 0 Å². The van der Waals surface area contributed by atoms with Gasteiger partial charge in [-0.3, -0.25) is 9.78 Å². The van der Waals surface area contributed by atoms with Gasteiger partial charge in [-0.2, -0.15) is 5.10 Å². The number of nitrogens with one attached hydrogen (secondary N) is 1. The van der Waals surface area contributed by atoms with E-state index in [0.29, 0.717) is 16.9 Å². The molecule has 0 bridgehead atoms. The number of aliphatic hydroxyl groups excluding tert-OH is 2. The van der Waals surface area contributed by atoms with Gasteiger partial charge >= 0.3 is 29.6 Å². The first-order valence-corrected chi connectivity index (χ1v) is 11.9. The fourth-order valence-electron chi connectivity index (χ4n) is 3.82. The van der Waals surface area contributed by atoms with E-state index in [9.17, 15) is 29.3 Å². The minimum atomic E-state index is -1.42. The second kappa shape index (κ2) is 14.3. The number of carbonyl (C=O) groups is 2. The number of hydrogen-bond donors (Lipinski definition) is 3. The van der Waals surface area contributed by atoms with Crippen molar-refractivity contribution in [3.8, 4) is 5.69 Å². The van der Waals surface area contributed by atoms with Crippen molar-refractivity contribution in [2.75, 3.05) is 0 Å². The molecule has 9 nitrogen and oxygen atoms in total. The number of rotatable bonds is 11. The SMILES string of the molecule is Cc1ccc(CNC(=O)c2nn(-c3ccc(F)cc3)c(C=C[C@H](O)C[C@@H](O)CC(=O)[O-])c2C(C)C)cn1.[Na+]. The number of amides is 1. The molecule has 2 atom stereocenters. The molecule has 1 amide bonds. The number of hydrogen-bond acceptors (Lipinski definition) is 7. The molecular formula is C27H30FN4NaO5. The van der Waals surface area contributed by atoms with Gasteiger partial charge in [-0.25, -0.2) is 9.07 Å². The molecule has 0 aliphatic carbocycles. The second-order valence-electron chi connectivity index (χ2n) is 9.07. The van der Waals surface area contributed by atoms with Gasteiger partial charge in [-0.05, 0) is 54.8 Å². The van der Waals surface area contributed by atoms with Crippen LogP contribution in [0.5, 0.6) is 0 Å². The summed E-state index contributed by atoms with van der Waals surface area (Å²) < 4.78 is 15.1. The molecule has 0 unspecified atom stereocenters. The van der Waals surface area contributed by atoms with Crippen molar-refractivity contribution in [1.82, 2.24) is 20.1 Å². The third-order valence-electron chi connectivity index (χ3n) is 5.64. The third kappa shape index (κ3) is 8.57. The van der Waals surface area contributed by atoms with Crippen molar-refractivity contribution >= 4 is 18.0 Å². The number of benzene rings is 1. The van der Waals surface area contributed by atoms with Crippen molar-refractivity contribution < 1.29 is 58.9 Å². The normalized spacial score (nSPS) is 12.8. The molecule has 3 aromatic rings.